The highest BCUT2D eigenvalue weighted by atomic mass is 13.8. The first-order valence-corrected chi connectivity index (χ1v) is 3.61. The third-order valence-electron chi connectivity index (χ3n) is 1.25. The van der Waals surface area contributed by atoms with Gasteiger partial charge in [-0.1, -0.05) is 36.0 Å². The molecule has 0 nitrogen and oxygen atoms in total. The second-order valence-corrected chi connectivity index (χ2v) is 2.14. The Kier molecular flexibility index (Phi) is 3.29. The van der Waals surface area contributed by atoms with Crippen LogP contribution in [0.5, 0.6) is 0 Å². The minimum absolute atomic E-state index is 0.999. The molecule has 0 heteroatoms. The molecule has 0 amide bonds. The molecule has 0 radical (unpaired) electrons. The number of hydrogen-bond acceptors (Lipinski definition) is 0. The predicted octanol–water partition coefficient (Wildman–Crippen LogP) is 2.23. The van der Waals surface area contributed by atoms with Crippen LogP contribution in [0.1, 0.15) is 5.56 Å². The van der Waals surface area contributed by atoms with Crippen molar-refractivity contribution < 1.29 is 0 Å². The molecular weight excluding hydrogens is 144 g/mol. The van der Waals surface area contributed by atoms with E-state index < -0.39 is 0 Å². The maximum Gasteiger partial charge on any atom is 0.0248 e. The molecular formula is C12H8. The summed E-state index contributed by atoms with van der Waals surface area (Å²) in [4.78, 5) is 0. The maximum absolute atomic E-state index is 5.00. The van der Waals surface area contributed by atoms with Gasteiger partial charge in [0.1, 0.15) is 0 Å². The van der Waals surface area contributed by atoms with Gasteiger partial charge in [0.2, 0.25) is 0 Å². The lowest BCUT2D eigenvalue weighted by Gasteiger charge is -1.83. The molecule has 0 aromatic heterocycles. The van der Waals surface area contributed by atoms with Gasteiger partial charge < -0.3 is 0 Å². The Hall–Kier alpha value is -1.92. The van der Waals surface area contributed by atoms with Crippen molar-refractivity contribution in [1.82, 2.24) is 0 Å². The van der Waals surface area contributed by atoms with Gasteiger partial charge in [0.05, 0.1) is 0 Å². The van der Waals surface area contributed by atoms with Crippen molar-refractivity contribution >= 4 is 0 Å². The zero-order valence-electron chi connectivity index (χ0n) is 6.62. The van der Waals surface area contributed by atoms with Gasteiger partial charge in [-0.15, -0.1) is 6.42 Å². The average Bonchev–Trinajstić information content (AvgIpc) is 2.14. The van der Waals surface area contributed by atoms with Gasteiger partial charge in [-0.2, -0.15) is 0 Å². The first kappa shape index (κ1) is 8.18. The topological polar surface area (TPSA) is 0 Å². The summed E-state index contributed by atoms with van der Waals surface area (Å²) in [6.07, 6.45) is 8.24. The van der Waals surface area contributed by atoms with Crippen LogP contribution in [0.2, 0.25) is 0 Å². The van der Waals surface area contributed by atoms with Crippen molar-refractivity contribution in [2.45, 2.75) is 0 Å². The van der Waals surface area contributed by atoms with E-state index in [1.807, 2.05) is 30.3 Å². The van der Waals surface area contributed by atoms with Crippen LogP contribution in [0.25, 0.3) is 0 Å². The molecule has 0 unspecified atom stereocenters. The van der Waals surface area contributed by atoms with Gasteiger partial charge in [-0.05, 0) is 24.3 Å². The number of benzene rings is 1. The van der Waals surface area contributed by atoms with Crippen molar-refractivity contribution in [3.8, 4) is 24.2 Å². The first-order chi connectivity index (χ1) is 5.93. The molecule has 0 saturated carbocycles. The van der Waals surface area contributed by atoms with E-state index in [-0.39, 0.29) is 0 Å². The minimum Gasteiger partial charge on any atom is -0.115 e. The Bertz CT molecular complexity index is 353. The van der Waals surface area contributed by atoms with E-state index in [0.29, 0.717) is 0 Å². The van der Waals surface area contributed by atoms with E-state index in [1.54, 1.807) is 12.2 Å². The summed E-state index contributed by atoms with van der Waals surface area (Å²) >= 11 is 0. The lowest BCUT2D eigenvalue weighted by Crippen LogP contribution is -1.68. The van der Waals surface area contributed by atoms with E-state index in [0.717, 1.165) is 5.56 Å². The maximum atomic E-state index is 5.00. The van der Waals surface area contributed by atoms with Crippen molar-refractivity contribution in [2.75, 3.05) is 0 Å². The Balaban J connectivity index is 2.69. The fraction of sp³-hybridized carbons (Fsp3) is 0. The van der Waals surface area contributed by atoms with Gasteiger partial charge >= 0.3 is 0 Å². The Morgan fingerprint density at radius 2 is 1.83 bits per heavy atom. The van der Waals surface area contributed by atoms with E-state index in [9.17, 15) is 0 Å². The van der Waals surface area contributed by atoms with Crippen molar-refractivity contribution in [1.29, 1.82) is 0 Å². The standard InChI is InChI=1S/C12H8/c1-2-3-4-6-9-12-10-7-5-8-11-12/h1,3-5,7-8,10-11H/b4-3-. The highest BCUT2D eigenvalue weighted by Gasteiger charge is 1.78. The Morgan fingerprint density at radius 3 is 2.50 bits per heavy atom. The fourth-order valence-electron chi connectivity index (χ4n) is 0.736. The van der Waals surface area contributed by atoms with E-state index in [4.69, 9.17) is 6.42 Å². The predicted molar refractivity (Wildman–Crippen MR) is 51.3 cm³/mol. The quantitative estimate of drug-likeness (QED) is 0.500. The van der Waals surface area contributed by atoms with Crippen LogP contribution in [0, 0.1) is 24.2 Å². The number of allylic oxidation sites excluding steroid dienone is 2. The summed E-state index contributed by atoms with van der Waals surface area (Å²) in [6, 6.07) is 9.78. The van der Waals surface area contributed by atoms with Gasteiger partial charge in [-0.3, -0.25) is 0 Å². The van der Waals surface area contributed by atoms with Crippen LogP contribution in [-0.4, -0.2) is 0 Å². The molecule has 1 aromatic carbocycles. The fourth-order valence-corrected chi connectivity index (χ4v) is 0.736. The monoisotopic (exact) mass is 152 g/mol. The van der Waals surface area contributed by atoms with Gasteiger partial charge in [0.25, 0.3) is 0 Å². The average molecular weight is 152 g/mol. The Morgan fingerprint density at radius 1 is 1.08 bits per heavy atom. The number of terminal acetylenes is 1. The lowest BCUT2D eigenvalue weighted by atomic mass is 10.2. The largest absolute Gasteiger partial charge is 0.115 e. The Labute approximate surface area is 72.9 Å². The van der Waals surface area contributed by atoms with Crippen LogP contribution in [0.3, 0.4) is 0 Å². The molecule has 0 fully saturated rings. The number of rotatable bonds is 0. The van der Waals surface area contributed by atoms with Crippen LogP contribution >= 0.6 is 0 Å². The van der Waals surface area contributed by atoms with Crippen LogP contribution in [0.15, 0.2) is 42.5 Å². The molecule has 0 N–H and O–H groups in total. The van der Waals surface area contributed by atoms with E-state index in [2.05, 4.69) is 17.8 Å². The smallest absolute Gasteiger partial charge is 0.0248 e. The SMILES string of the molecule is C#C/C=C\C#Cc1ccccc1. The third-order valence-corrected chi connectivity index (χ3v) is 1.25. The second-order valence-electron chi connectivity index (χ2n) is 2.14. The van der Waals surface area contributed by atoms with Crippen molar-refractivity contribution in [2.24, 2.45) is 0 Å². The summed E-state index contributed by atoms with van der Waals surface area (Å²) in [5, 5.41) is 0. The summed E-state index contributed by atoms with van der Waals surface area (Å²) in [7, 11) is 0. The molecule has 0 bridgehead atoms. The lowest BCUT2D eigenvalue weighted by molar-refractivity contribution is 1.65. The van der Waals surface area contributed by atoms with Crippen molar-refractivity contribution in [3.05, 3.63) is 48.0 Å². The van der Waals surface area contributed by atoms with Crippen molar-refractivity contribution in [3.63, 3.8) is 0 Å². The van der Waals surface area contributed by atoms with Crippen LogP contribution < -0.4 is 0 Å². The molecule has 1 aromatic rings. The highest BCUT2D eigenvalue weighted by Crippen LogP contribution is 1.94. The molecule has 1 rings (SSSR count). The van der Waals surface area contributed by atoms with Gasteiger partial charge in [0.15, 0.2) is 0 Å². The second kappa shape index (κ2) is 4.83. The molecule has 0 aliphatic carbocycles. The molecule has 0 atom stereocenters. The zero-order chi connectivity index (χ0) is 8.65. The van der Waals surface area contributed by atoms with Crippen LogP contribution in [-0.2, 0) is 0 Å². The van der Waals surface area contributed by atoms with E-state index >= 15 is 0 Å². The summed E-state index contributed by atoms with van der Waals surface area (Å²) in [5.74, 6) is 8.15. The molecule has 0 spiro atoms. The molecule has 0 aliphatic rings. The van der Waals surface area contributed by atoms with Gasteiger partial charge in [-0.25, -0.2) is 0 Å². The highest BCUT2D eigenvalue weighted by molar-refractivity contribution is 5.37. The van der Waals surface area contributed by atoms with Gasteiger partial charge in [0, 0.05) is 5.56 Å². The molecule has 0 saturated heterocycles. The molecule has 0 heterocycles. The first-order valence-electron chi connectivity index (χ1n) is 3.61. The van der Waals surface area contributed by atoms with Crippen LogP contribution in [0.4, 0.5) is 0 Å². The summed E-state index contributed by atoms with van der Waals surface area (Å²) < 4.78 is 0. The molecule has 12 heavy (non-hydrogen) atoms. The number of hydrogen-bond donors (Lipinski definition) is 0. The third kappa shape index (κ3) is 2.78. The zero-order valence-corrected chi connectivity index (χ0v) is 6.62. The summed E-state index contributed by atoms with van der Waals surface area (Å²) in [5.41, 5.74) is 0.999. The van der Waals surface area contributed by atoms with E-state index in [1.165, 1.54) is 0 Å². The summed E-state index contributed by atoms with van der Waals surface area (Å²) in [6.45, 7) is 0. The minimum atomic E-state index is 0.999. The molecule has 56 valence electrons. The molecule has 0 aliphatic heterocycles. The normalized spacial score (nSPS) is 8.58.